The van der Waals surface area contributed by atoms with Crippen molar-refractivity contribution in [1.82, 2.24) is 9.97 Å². The number of halogens is 3. The lowest BCUT2D eigenvalue weighted by molar-refractivity contribution is 1.22. The maximum Gasteiger partial charge on any atom is 0.224 e. The van der Waals surface area contributed by atoms with Crippen LogP contribution in [-0.4, -0.2) is 9.97 Å². The summed E-state index contributed by atoms with van der Waals surface area (Å²) in [4.78, 5) is 8.38. The molecule has 0 spiro atoms. The van der Waals surface area contributed by atoms with Crippen molar-refractivity contribution in [1.29, 1.82) is 0 Å². The highest BCUT2D eigenvalue weighted by molar-refractivity contribution is 6.39. The van der Waals surface area contributed by atoms with Crippen LogP contribution in [-0.2, 0) is 0 Å². The van der Waals surface area contributed by atoms with Crippen molar-refractivity contribution in [2.24, 2.45) is 0 Å². The SMILES string of the molecule is Clc1nc(Nc2c(Cl)cccc2Cl)c2ccccc2n1. The Morgan fingerprint density at radius 1 is 0.800 bits per heavy atom. The molecular weight excluding hydrogens is 317 g/mol. The van der Waals surface area contributed by atoms with E-state index in [1.54, 1.807) is 18.2 Å². The van der Waals surface area contributed by atoms with E-state index in [1.165, 1.54) is 0 Å². The van der Waals surface area contributed by atoms with Gasteiger partial charge in [0.2, 0.25) is 5.28 Å². The van der Waals surface area contributed by atoms with E-state index < -0.39 is 0 Å². The second-order valence-corrected chi connectivity index (χ2v) is 5.23. The number of nitrogens with zero attached hydrogens (tertiary/aromatic N) is 2. The van der Waals surface area contributed by atoms with E-state index in [0.717, 1.165) is 10.9 Å². The van der Waals surface area contributed by atoms with Crippen molar-refractivity contribution in [3.05, 3.63) is 57.8 Å². The van der Waals surface area contributed by atoms with Crippen LogP contribution in [0.25, 0.3) is 10.9 Å². The van der Waals surface area contributed by atoms with E-state index in [2.05, 4.69) is 15.3 Å². The van der Waals surface area contributed by atoms with Gasteiger partial charge in [0.15, 0.2) is 0 Å². The number of hydrogen-bond donors (Lipinski definition) is 1. The standard InChI is InChI=1S/C14H8Cl3N3/c15-9-5-3-6-10(16)12(9)19-13-8-4-1-2-7-11(8)18-14(17)20-13/h1-7H,(H,18,19,20). The number of aromatic nitrogens is 2. The molecule has 1 heterocycles. The van der Waals surface area contributed by atoms with Gasteiger partial charge < -0.3 is 5.32 Å². The van der Waals surface area contributed by atoms with Crippen LogP contribution < -0.4 is 5.32 Å². The first-order valence-corrected chi connectivity index (χ1v) is 6.92. The van der Waals surface area contributed by atoms with Crippen LogP contribution in [0.3, 0.4) is 0 Å². The third kappa shape index (κ3) is 2.52. The van der Waals surface area contributed by atoms with Crippen LogP contribution in [0.1, 0.15) is 0 Å². The van der Waals surface area contributed by atoms with Gasteiger partial charge in [-0.25, -0.2) is 4.98 Å². The van der Waals surface area contributed by atoms with Crippen molar-refractivity contribution < 1.29 is 0 Å². The van der Waals surface area contributed by atoms with Gasteiger partial charge in [-0.1, -0.05) is 41.4 Å². The second kappa shape index (κ2) is 5.44. The van der Waals surface area contributed by atoms with Crippen molar-refractivity contribution >= 4 is 57.2 Å². The minimum Gasteiger partial charge on any atom is -0.337 e. The molecule has 3 nitrogen and oxygen atoms in total. The number of rotatable bonds is 2. The van der Waals surface area contributed by atoms with Gasteiger partial charge in [0.25, 0.3) is 0 Å². The summed E-state index contributed by atoms with van der Waals surface area (Å²) >= 11 is 18.2. The maximum absolute atomic E-state index is 6.15. The Morgan fingerprint density at radius 3 is 2.25 bits per heavy atom. The van der Waals surface area contributed by atoms with Gasteiger partial charge in [-0.3, -0.25) is 0 Å². The molecule has 1 N–H and O–H groups in total. The molecule has 0 amide bonds. The third-order valence-electron chi connectivity index (χ3n) is 2.78. The van der Waals surface area contributed by atoms with E-state index in [0.29, 0.717) is 21.6 Å². The first kappa shape index (κ1) is 13.4. The van der Waals surface area contributed by atoms with Crippen molar-refractivity contribution in [3.63, 3.8) is 0 Å². The van der Waals surface area contributed by atoms with Crippen molar-refractivity contribution in [3.8, 4) is 0 Å². The van der Waals surface area contributed by atoms with Gasteiger partial charge in [0.1, 0.15) is 5.82 Å². The quantitative estimate of drug-likeness (QED) is 0.647. The molecule has 0 aliphatic heterocycles. The average Bonchev–Trinajstić information content (AvgIpc) is 2.42. The molecule has 0 saturated heterocycles. The first-order chi connectivity index (χ1) is 9.65. The van der Waals surface area contributed by atoms with Crippen molar-refractivity contribution in [2.75, 3.05) is 5.32 Å². The summed E-state index contributed by atoms with van der Waals surface area (Å²) in [6, 6.07) is 12.8. The fourth-order valence-corrected chi connectivity index (χ4v) is 2.55. The van der Waals surface area contributed by atoms with Crippen LogP contribution in [0, 0.1) is 0 Å². The lowest BCUT2D eigenvalue weighted by atomic mass is 10.2. The normalized spacial score (nSPS) is 10.8. The molecule has 1 aromatic heterocycles. The smallest absolute Gasteiger partial charge is 0.224 e. The fourth-order valence-electron chi connectivity index (χ4n) is 1.88. The van der Waals surface area contributed by atoms with E-state index >= 15 is 0 Å². The zero-order chi connectivity index (χ0) is 14.1. The molecule has 0 atom stereocenters. The number of hydrogen-bond acceptors (Lipinski definition) is 3. The molecule has 0 aliphatic rings. The second-order valence-electron chi connectivity index (χ2n) is 4.08. The van der Waals surface area contributed by atoms with Gasteiger partial charge in [-0.05, 0) is 35.9 Å². The molecule has 3 aromatic rings. The average molecular weight is 325 g/mol. The molecule has 0 radical (unpaired) electrons. The molecule has 6 heteroatoms. The lowest BCUT2D eigenvalue weighted by Crippen LogP contribution is -1.98. The minimum atomic E-state index is 0.161. The number of fused-ring (bicyclic) bond motifs is 1. The molecule has 3 rings (SSSR count). The largest absolute Gasteiger partial charge is 0.337 e. The number of nitrogens with one attached hydrogen (secondary N) is 1. The topological polar surface area (TPSA) is 37.8 Å². The highest BCUT2D eigenvalue weighted by Gasteiger charge is 2.10. The van der Waals surface area contributed by atoms with Crippen LogP contribution in [0.4, 0.5) is 11.5 Å². The summed E-state index contributed by atoms with van der Waals surface area (Å²) in [6.07, 6.45) is 0. The zero-order valence-corrected chi connectivity index (χ0v) is 12.3. The lowest BCUT2D eigenvalue weighted by Gasteiger charge is -2.11. The van der Waals surface area contributed by atoms with Crippen LogP contribution >= 0.6 is 34.8 Å². The Morgan fingerprint density at radius 2 is 1.50 bits per heavy atom. The Bertz CT molecular complexity index is 769. The van der Waals surface area contributed by atoms with Gasteiger partial charge in [-0.2, -0.15) is 4.98 Å². The minimum absolute atomic E-state index is 0.161. The highest BCUT2D eigenvalue weighted by Crippen LogP contribution is 2.34. The van der Waals surface area contributed by atoms with Gasteiger partial charge >= 0.3 is 0 Å². The summed E-state index contributed by atoms with van der Waals surface area (Å²) in [5.74, 6) is 0.565. The number of anilines is 2. The highest BCUT2D eigenvalue weighted by atomic mass is 35.5. The van der Waals surface area contributed by atoms with E-state index in [9.17, 15) is 0 Å². The van der Waals surface area contributed by atoms with Gasteiger partial charge in [-0.15, -0.1) is 0 Å². The van der Waals surface area contributed by atoms with E-state index in [4.69, 9.17) is 34.8 Å². The Labute approximate surface area is 130 Å². The van der Waals surface area contributed by atoms with Crippen LogP contribution in [0.15, 0.2) is 42.5 Å². The summed E-state index contributed by atoms with van der Waals surface area (Å²) in [7, 11) is 0. The first-order valence-electron chi connectivity index (χ1n) is 5.78. The van der Waals surface area contributed by atoms with Crippen molar-refractivity contribution in [2.45, 2.75) is 0 Å². The molecule has 100 valence electrons. The zero-order valence-electron chi connectivity index (χ0n) is 10.1. The molecule has 0 fully saturated rings. The molecule has 0 unspecified atom stereocenters. The predicted molar refractivity (Wildman–Crippen MR) is 84.3 cm³/mol. The Hall–Kier alpha value is -1.55. The van der Waals surface area contributed by atoms with E-state index in [-0.39, 0.29) is 5.28 Å². The third-order valence-corrected chi connectivity index (χ3v) is 3.58. The Balaban J connectivity index is 2.16. The van der Waals surface area contributed by atoms with Gasteiger partial charge in [0.05, 0.1) is 21.2 Å². The fraction of sp³-hybridized carbons (Fsp3) is 0. The van der Waals surface area contributed by atoms with Crippen LogP contribution in [0.5, 0.6) is 0 Å². The molecule has 20 heavy (non-hydrogen) atoms. The van der Waals surface area contributed by atoms with Crippen LogP contribution in [0.2, 0.25) is 15.3 Å². The summed E-state index contributed by atoms with van der Waals surface area (Å²) in [5.41, 5.74) is 1.34. The number of benzene rings is 2. The molecule has 2 aromatic carbocycles. The molecule has 0 saturated carbocycles. The number of para-hydroxylation sites is 2. The molecule has 0 bridgehead atoms. The molecular formula is C14H8Cl3N3. The van der Waals surface area contributed by atoms with Gasteiger partial charge in [0, 0.05) is 5.39 Å². The van der Waals surface area contributed by atoms with E-state index in [1.807, 2.05) is 24.3 Å². The summed E-state index contributed by atoms with van der Waals surface area (Å²) in [6.45, 7) is 0. The predicted octanol–water partition coefficient (Wildman–Crippen LogP) is 5.33. The monoisotopic (exact) mass is 323 g/mol. The Kier molecular flexibility index (Phi) is 3.66. The summed E-state index contributed by atoms with van der Waals surface area (Å²) < 4.78 is 0. The molecule has 0 aliphatic carbocycles. The maximum atomic E-state index is 6.15. The summed E-state index contributed by atoms with van der Waals surface area (Å²) in [5, 5.41) is 5.15.